The van der Waals surface area contributed by atoms with E-state index >= 15 is 0 Å². The fraction of sp³-hybridized carbons (Fsp3) is 0.571. The summed E-state index contributed by atoms with van der Waals surface area (Å²) in [6, 6.07) is 0. The van der Waals surface area contributed by atoms with Crippen molar-refractivity contribution in [2.45, 2.75) is 19.8 Å². The number of carbonyl (C=O) groups is 2. The van der Waals surface area contributed by atoms with E-state index in [1.807, 2.05) is 0 Å². The predicted molar refractivity (Wildman–Crippen MR) is 38.3 cm³/mol. The Kier molecular flexibility index (Phi) is 2.12. The molecule has 0 unspecified atom stereocenters. The average Bonchev–Trinajstić information content (AvgIpc) is 2.80. The highest BCUT2D eigenvalue weighted by molar-refractivity contribution is 6.21. The van der Waals surface area contributed by atoms with Gasteiger partial charge in [0.15, 0.2) is 0 Å². The van der Waals surface area contributed by atoms with Crippen LogP contribution in [0.1, 0.15) is 19.8 Å². The molecule has 12 heavy (non-hydrogen) atoms. The molecule has 66 valence electrons. The minimum absolute atomic E-state index is 0.433. The van der Waals surface area contributed by atoms with Gasteiger partial charge in [0, 0.05) is 0 Å². The van der Waals surface area contributed by atoms with Gasteiger partial charge in [-0.2, -0.15) is 0 Å². The van der Waals surface area contributed by atoms with E-state index < -0.39 is 17.4 Å². The summed E-state index contributed by atoms with van der Waals surface area (Å²) in [5.74, 6) is -1.52. The number of carbonyl (C=O) groups excluding carboxylic acids is 2. The van der Waals surface area contributed by atoms with Crippen LogP contribution in [0.2, 0.25) is 0 Å². The monoisotopic (exact) mass is 171 g/mol. The van der Waals surface area contributed by atoms with Crippen LogP contribution in [0.15, 0.2) is 0 Å². The lowest BCUT2D eigenvalue weighted by molar-refractivity contribution is -0.257. The van der Waals surface area contributed by atoms with Gasteiger partial charge in [0.25, 0.3) is 0 Å². The van der Waals surface area contributed by atoms with Gasteiger partial charge in [-0.1, -0.05) is 0 Å². The summed E-state index contributed by atoms with van der Waals surface area (Å²) in [6.07, 6.45) is 1.95. The van der Waals surface area contributed by atoms with Crippen molar-refractivity contribution in [3.8, 4) is 0 Å². The first kappa shape index (κ1) is 8.70. The Hall–Kier alpha value is -1.39. The standard InChI is InChI=1S/C7H9NO4/c1-7(2-3-7)6(10)12-11-5(9)4-8/h4,8H,2-3H2,1H3. The fourth-order valence-corrected chi connectivity index (χ4v) is 0.595. The van der Waals surface area contributed by atoms with E-state index in [9.17, 15) is 9.59 Å². The summed E-state index contributed by atoms with van der Waals surface area (Å²) in [5.41, 5.74) is -0.470. The van der Waals surface area contributed by atoms with Crippen molar-refractivity contribution in [2.24, 2.45) is 5.41 Å². The molecule has 0 aromatic heterocycles. The summed E-state index contributed by atoms with van der Waals surface area (Å²) in [7, 11) is 0. The maximum atomic E-state index is 11.0. The molecule has 1 fully saturated rings. The molecular weight excluding hydrogens is 162 g/mol. The fourth-order valence-electron chi connectivity index (χ4n) is 0.595. The number of nitrogens with one attached hydrogen (secondary N) is 1. The molecule has 1 aliphatic carbocycles. The van der Waals surface area contributed by atoms with Crippen molar-refractivity contribution in [1.82, 2.24) is 0 Å². The van der Waals surface area contributed by atoms with Gasteiger partial charge in [-0.05, 0) is 19.8 Å². The normalized spacial score (nSPS) is 17.8. The number of rotatable bonds is 2. The molecular formula is C7H9NO4. The first-order valence-corrected chi connectivity index (χ1v) is 3.52. The van der Waals surface area contributed by atoms with Gasteiger partial charge < -0.3 is 5.41 Å². The van der Waals surface area contributed by atoms with Crippen LogP contribution in [-0.4, -0.2) is 18.2 Å². The maximum absolute atomic E-state index is 11.0. The van der Waals surface area contributed by atoms with Gasteiger partial charge in [-0.15, -0.1) is 0 Å². The molecule has 0 aromatic rings. The predicted octanol–water partition coefficient (Wildman–Crippen LogP) is 0.437. The second-order valence-electron chi connectivity index (χ2n) is 2.98. The van der Waals surface area contributed by atoms with Crippen LogP contribution in [-0.2, 0) is 19.4 Å². The van der Waals surface area contributed by atoms with E-state index in [0.717, 1.165) is 12.8 Å². The second-order valence-corrected chi connectivity index (χ2v) is 2.98. The summed E-state index contributed by atoms with van der Waals surface area (Å²) in [4.78, 5) is 29.5. The zero-order valence-electron chi connectivity index (χ0n) is 6.62. The first-order chi connectivity index (χ1) is 5.58. The van der Waals surface area contributed by atoms with Crippen LogP contribution in [0, 0.1) is 10.8 Å². The molecule has 0 atom stereocenters. The van der Waals surface area contributed by atoms with E-state index in [2.05, 4.69) is 9.78 Å². The molecule has 0 aromatic carbocycles. The highest BCUT2D eigenvalue weighted by Crippen LogP contribution is 2.45. The van der Waals surface area contributed by atoms with Crippen LogP contribution in [0.25, 0.3) is 0 Å². The minimum atomic E-state index is -0.979. The SMILES string of the molecule is CC1(C(=O)OOC(=O)C=N)CC1. The molecule has 0 amide bonds. The third kappa shape index (κ3) is 1.81. The van der Waals surface area contributed by atoms with E-state index in [1.165, 1.54) is 0 Å². The van der Waals surface area contributed by atoms with Crippen molar-refractivity contribution < 1.29 is 19.4 Å². The molecule has 1 N–H and O–H groups in total. The zero-order chi connectivity index (χ0) is 9.19. The average molecular weight is 171 g/mol. The molecule has 0 heterocycles. The van der Waals surface area contributed by atoms with Crippen molar-refractivity contribution in [3.63, 3.8) is 0 Å². The lowest BCUT2D eigenvalue weighted by Gasteiger charge is -2.04. The lowest BCUT2D eigenvalue weighted by Crippen LogP contribution is -2.18. The summed E-state index contributed by atoms with van der Waals surface area (Å²) >= 11 is 0. The Morgan fingerprint density at radius 1 is 1.42 bits per heavy atom. The summed E-state index contributed by atoms with van der Waals surface area (Å²) < 4.78 is 0. The smallest absolute Gasteiger partial charge is 0.301 e. The van der Waals surface area contributed by atoms with Crippen molar-refractivity contribution >= 4 is 18.2 Å². The van der Waals surface area contributed by atoms with Crippen LogP contribution in [0.3, 0.4) is 0 Å². The molecule has 0 bridgehead atoms. The van der Waals surface area contributed by atoms with Gasteiger partial charge in [0.05, 0.1) is 5.41 Å². The van der Waals surface area contributed by atoms with Gasteiger partial charge in [-0.3, -0.25) is 0 Å². The molecule has 0 radical (unpaired) electrons. The Morgan fingerprint density at radius 2 is 2.00 bits per heavy atom. The highest BCUT2D eigenvalue weighted by Gasteiger charge is 2.47. The minimum Gasteiger partial charge on any atom is -0.301 e. The van der Waals surface area contributed by atoms with Crippen molar-refractivity contribution in [3.05, 3.63) is 0 Å². The Labute approximate surface area is 69.1 Å². The molecule has 0 spiro atoms. The topological polar surface area (TPSA) is 76.5 Å². The number of hydrogen-bond acceptors (Lipinski definition) is 5. The molecule has 1 aliphatic rings. The summed E-state index contributed by atoms with van der Waals surface area (Å²) in [6.45, 7) is 1.73. The van der Waals surface area contributed by atoms with E-state index in [0.29, 0.717) is 6.21 Å². The van der Waals surface area contributed by atoms with E-state index in [1.54, 1.807) is 6.92 Å². The largest absolute Gasteiger partial charge is 0.396 e. The Balaban J connectivity index is 2.28. The van der Waals surface area contributed by atoms with Crippen LogP contribution in [0.4, 0.5) is 0 Å². The van der Waals surface area contributed by atoms with Gasteiger partial charge in [0.1, 0.15) is 6.21 Å². The molecule has 5 heteroatoms. The third-order valence-electron chi connectivity index (χ3n) is 1.81. The lowest BCUT2D eigenvalue weighted by atomic mass is 10.2. The van der Waals surface area contributed by atoms with Gasteiger partial charge in [0.2, 0.25) is 0 Å². The van der Waals surface area contributed by atoms with Crippen LogP contribution in [0.5, 0.6) is 0 Å². The quantitative estimate of drug-likeness (QED) is 0.371. The Morgan fingerprint density at radius 3 is 2.42 bits per heavy atom. The van der Waals surface area contributed by atoms with Crippen LogP contribution >= 0.6 is 0 Å². The van der Waals surface area contributed by atoms with Gasteiger partial charge in [-0.25, -0.2) is 19.4 Å². The number of hydrogen-bond donors (Lipinski definition) is 1. The zero-order valence-corrected chi connectivity index (χ0v) is 6.62. The maximum Gasteiger partial charge on any atom is 0.396 e. The van der Waals surface area contributed by atoms with E-state index in [4.69, 9.17) is 5.41 Å². The highest BCUT2D eigenvalue weighted by atomic mass is 17.2. The third-order valence-corrected chi connectivity index (χ3v) is 1.81. The first-order valence-electron chi connectivity index (χ1n) is 3.52. The molecule has 0 saturated heterocycles. The van der Waals surface area contributed by atoms with Crippen molar-refractivity contribution in [1.29, 1.82) is 5.41 Å². The Bertz CT molecular complexity index is 232. The molecule has 1 rings (SSSR count). The van der Waals surface area contributed by atoms with Crippen molar-refractivity contribution in [2.75, 3.05) is 0 Å². The second kappa shape index (κ2) is 2.92. The van der Waals surface area contributed by atoms with E-state index in [-0.39, 0.29) is 0 Å². The van der Waals surface area contributed by atoms with Crippen LogP contribution < -0.4 is 0 Å². The summed E-state index contributed by atoms with van der Waals surface area (Å²) in [5, 5.41) is 6.43. The molecule has 5 nitrogen and oxygen atoms in total. The van der Waals surface area contributed by atoms with Gasteiger partial charge >= 0.3 is 11.9 Å². The molecule has 1 saturated carbocycles. The molecule has 0 aliphatic heterocycles.